The predicted octanol–water partition coefficient (Wildman–Crippen LogP) is -0.887. The first-order valence-electron chi connectivity index (χ1n) is 4.05. The third-order valence-electron chi connectivity index (χ3n) is 1.86. The maximum atomic E-state index is 10.4. The second kappa shape index (κ2) is 7.14. The highest BCUT2D eigenvalue weighted by Gasteiger charge is 2.11. The van der Waals surface area contributed by atoms with E-state index in [-0.39, 0.29) is 12.4 Å². The third kappa shape index (κ3) is 4.08. The van der Waals surface area contributed by atoms with Crippen LogP contribution in [-0.2, 0) is 4.79 Å². The van der Waals surface area contributed by atoms with Gasteiger partial charge < -0.3 is 15.6 Å². The number of halogens is 1. The quantitative estimate of drug-likeness (QED) is 0.220. The van der Waals surface area contributed by atoms with E-state index >= 15 is 0 Å². The molecule has 1 heterocycles. The summed E-state index contributed by atoms with van der Waals surface area (Å²) in [5, 5.41) is 3.24. The molecule has 1 saturated heterocycles. The molecule has 0 bridgehead atoms. The molecule has 0 spiro atoms. The van der Waals surface area contributed by atoms with Crippen molar-refractivity contribution in [3.05, 3.63) is 0 Å². The summed E-state index contributed by atoms with van der Waals surface area (Å²) in [6.07, 6.45) is 3.83. The number of carbonyl (C=O) groups excluding carboxylic acids is 1. The van der Waals surface area contributed by atoms with E-state index in [4.69, 9.17) is 5.84 Å². The summed E-state index contributed by atoms with van der Waals surface area (Å²) < 4.78 is 0. The average Bonchev–Trinajstić information content (AvgIpc) is 2.19. The van der Waals surface area contributed by atoms with Crippen LogP contribution < -0.4 is 5.84 Å². The summed E-state index contributed by atoms with van der Waals surface area (Å²) in [5.41, 5.74) is 0. The first kappa shape index (κ1) is 12.7. The average molecular weight is 220 g/mol. The first-order chi connectivity index (χ1) is 6.36. The minimum atomic E-state index is 0. The maximum Gasteiger partial charge on any atom is 0.209 e. The Hall–Kier alpha value is -1.30. The highest BCUT2D eigenvalue weighted by molar-refractivity contribution is 5.85. The summed E-state index contributed by atoms with van der Waals surface area (Å²) in [6.45, 7) is 3.10. The molecule has 1 rings (SSSR count). The lowest BCUT2D eigenvalue weighted by molar-refractivity contribution is -0.119. The molecule has 0 radical (unpaired) electrons. The molecule has 1 fully saturated rings. The molecule has 7 heteroatoms. The van der Waals surface area contributed by atoms with Crippen LogP contribution in [0.5, 0.6) is 0 Å². The summed E-state index contributed by atoms with van der Waals surface area (Å²) in [7, 11) is 0. The number of amides is 1. The first-order valence-corrected chi connectivity index (χ1v) is 4.05. The number of nitrogens with zero attached hydrogens (tertiary/aromatic N) is 4. The second-order valence-electron chi connectivity index (χ2n) is 2.71. The Morgan fingerprint density at radius 2 is 1.71 bits per heavy atom. The molecule has 0 aromatic carbocycles. The number of nitrogens with two attached hydrogens (primary N) is 1. The van der Waals surface area contributed by atoms with Gasteiger partial charge in [0.15, 0.2) is 0 Å². The van der Waals surface area contributed by atoms with E-state index in [1.54, 1.807) is 11.2 Å². The van der Waals surface area contributed by atoms with Crippen molar-refractivity contribution in [1.82, 2.24) is 9.80 Å². The van der Waals surface area contributed by atoms with Gasteiger partial charge in [-0.1, -0.05) is 0 Å². The molecule has 0 saturated carbocycles. The zero-order valence-electron chi connectivity index (χ0n) is 7.74. The highest BCUT2D eigenvalue weighted by atomic mass is 35.5. The van der Waals surface area contributed by atoms with Crippen LogP contribution in [0, 0.1) is 0 Å². The largest absolute Gasteiger partial charge is 0.359 e. The number of carbonyl (C=O) groups is 1. The lowest BCUT2D eigenvalue weighted by atomic mass is 10.3. The Bertz CT molecular complexity index is 212. The molecule has 0 aromatic heterocycles. The van der Waals surface area contributed by atoms with Gasteiger partial charge in [-0.05, 0) is 0 Å². The molecule has 80 valence electrons. The molecule has 14 heavy (non-hydrogen) atoms. The SMILES string of the molecule is Cl.NN=CN=CN1CCN(C=O)CC1. The van der Waals surface area contributed by atoms with Gasteiger partial charge in [0.2, 0.25) is 6.41 Å². The van der Waals surface area contributed by atoms with Crippen molar-refractivity contribution >= 4 is 31.5 Å². The van der Waals surface area contributed by atoms with Crippen molar-refractivity contribution in [1.29, 1.82) is 0 Å². The van der Waals surface area contributed by atoms with Gasteiger partial charge in [-0.25, -0.2) is 4.99 Å². The van der Waals surface area contributed by atoms with Crippen LogP contribution in [0.15, 0.2) is 10.1 Å². The molecule has 1 aliphatic heterocycles. The fraction of sp³-hybridized carbons (Fsp3) is 0.571. The summed E-state index contributed by atoms with van der Waals surface area (Å²) in [6, 6.07) is 0. The topological polar surface area (TPSA) is 74.3 Å². The number of rotatable bonds is 3. The van der Waals surface area contributed by atoms with Crippen LogP contribution >= 0.6 is 12.4 Å². The van der Waals surface area contributed by atoms with Crippen LogP contribution in [0.25, 0.3) is 0 Å². The van der Waals surface area contributed by atoms with Crippen molar-refractivity contribution in [3.63, 3.8) is 0 Å². The second-order valence-corrected chi connectivity index (χ2v) is 2.71. The zero-order chi connectivity index (χ0) is 9.52. The van der Waals surface area contributed by atoms with Crippen molar-refractivity contribution in [2.24, 2.45) is 15.9 Å². The molecule has 1 aliphatic rings. The summed E-state index contributed by atoms with van der Waals surface area (Å²) >= 11 is 0. The third-order valence-corrected chi connectivity index (χ3v) is 1.86. The van der Waals surface area contributed by atoms with Gasteiger partial charge in [0.05, 0.1) is 6.34 Å². The number of piperazine rings is 1. The van der Waals surface area contributed by atoms with Gasteiger partial charge >= 0.3 is 0 Å². The number of hydrazone groups is 1. The molecule has 6 nitrogen and oxygen atoms in total. The molecule has 0 atom stereocenters. The lowest BCUT2D eigenvalue weighted by Gasteiger charge is -2.30. The maximum absolute atomic E-state index is 10.4. The molecule has 0 aromatic rings. The smallest absolute Gasteiger partial charge is 0.209 e. The molecule has 1 amide bonds. The monoisotopic (exact) mass is 219 g/mol. The molecular weight excluding hydrogens is 206 g/mol. The number of hydrogen-bond acceptors (Lipinski definition) is 3. The Balaban J connectivity index is 0.00000169. The van der Waals surface area contributed by atoms with Crippen molar-refractivity contribution in [2.75, 3.05) is 26.2 Å². The molecule has 0 aliphatic carbocycles. The van der Waals surface area contributed by atoms with Crippen LogP contribution in [-0.4, -0.2) is 55.1 Å². The summed E-state index contributed by atoms with van der Waals surface area (Å²) in [4.78, 5) is 18.0. The van der Waals surface area contributed by atoms with Crippen LogP contribution in [0.2, 0.25) is 0 Å². The van der Waals surface area contributed by atoms with Crippen molar-refractivity contribution < 1.29 is 4.79 Å². The van der Waals surface area contributed by atoms with E-state index in [1.807, 2.05) is 4.90 Å². The Labute approximate surface area is 88.9 Å². The van der Waals surface area contributed by atoms with Crippen molar-refractivity contribution in [2.45, 2.75) is 0 Å². The van der Waals surface area contributed by atoms with E-state index in [1.165, 1.54) is 6.34 Å². The van der Waals surface area contributed by atoms with E-state index in [0.717, 1.165) is 32.6 Å². The van der Waals surface area contributed by atoms with Gasteiger partial charge in [0, 0.05) is 26.2 Å². The van der Waals surface area contributed by atoms with Crippen LogP contribution in [0.1, 0.15) is 0 Å². The van der Waals surface area contributed by atoms with E-state index in [0.29, 0.717) is 0 Å². The highest BCUT2D eigenvalue weighted by Crippen LogP contribution is 1.95. The Kier molecular flexibility index (Phi) is 6.47. The minimum absolute atomic E-state index is 0. The fourth-order valence-electron chi connectivity index (χ4n) is 1.12. The van der Waals surface area contributed by atoms with E-state index in [9.17, 15) is 4.79 Å². The van der Waals surface area contributed by atoms with Gasteiger partial charge in [-0.2, -0.15) is 5.10 Å². The molecular formula is C7H14ClN5O. The Morgan fingerprint density at radius 1 is 1.14 bits per heavy atom. The molecule has 2 N–H and O–H groups in total. The normalized spacial score (nSPS) is 17.4. The van der Waals surface area contributed by atoms with Gasteiger partial charge in [-0.3, -0.25) is 4.79 Å². The Morgan fingerprint density at radius 3 is 2.21 bits per heavy atom. The van der Waals surface area contributed by atoms with E-state index in [2.05, 4.69) is 10.1 Å². The predicted molar refractivity (Wildman–Crippen MR) is 57.6 cm³/mol. The minimum Gasteiger partial charge on any atom is -0.359 e. The number of aliphatic imine (C=N–C) groups is 1. The standard InChI is InChI=1S/C7H13N5O.ClH/c8-10-5-9-6-11-1-3-12(7-13)4-2-11;/h5-7H,1-4,8H2;1H. The van der Waals surface area contributed by atoms with Crippen molar-refractivity contribution in [3.8, 4) is 0 Å². The molecule has 0 unspecified atom stereocenters. The van der Waals surface area contributed by atoms with Gasteiger partial charge in [-0.15, -0.1) is 12.4 Å². The van der Waals surface area contributed by atoms with Crippen LogP contribution in [0.3, 0.4) is 0 Å². The number of hydrogen-bond donors (Lipinski definition) is 1. The van der Waals surface area contributed by atoms with Gasteiger partial charge in [0.1, 0.15) is 6.34 Å². The van der Waals surface area contributed by atoms with Crippen LogP contribution in [0.4, 0.5) is 0 Å². The lowest BCUT2D eigenvalue weighted by Crippen LogP contribution is -2.44. The zero-order valence-corrected chi connectivity index (χ0v) is 8.56. The summed E-state index contributed by atoms with van der Waals surface area (Å²) in [5.74, 6) is 4.87. The fourth-order valence-corrected chi connectivity index (χ4v) is 1.12. The van der Waals surface area contributed by atoms with E-state index < -0.39 is 0 Å². The van der Waals surface area contributed by atoms with Gasteiger partial charge in [0.25, 0.3) is 0 Å².